The summed E-state index contributed by atoms with van der Waals surface area (Å²) in [5.41, 5.74) is 2.65. The summed E-state index contributed by atoms with van der Waals surface area (Å²) in [4.78, 5) is 27.2. The number of nitrogens with one attached hydrogen (secondary N) is 2. The Kier molecular flexibility index (Phi) is 7.17. The minimum absolute atomic E-state index is 0.110. The van der Waals surface area contributed by atoms with Crippen LogP contribution in [0.25, 0.3) is 10.8 Å². The predicted octanol–water partition coefficient (Wildman–Crippen LogP) is 4.83. The average Bonchev–Trinajstić information content (AvgIpc) is 2.81. The monoisotopic (exact) mass is 429 g/mol. The Bertz CT molecular complexity index is 1070. The molecular weight excluding hydrogens is 398 g/mol. The second-order valence-corrected chi connectivity index (χ2v) is 8.77. The number of rotatable bonds is 7. The van der Waals surface area contributed by atoms with Crippen molar-refractivity contribution in [2.24, 2.45) is 5.92 Å². The number of nitrogens with zero attached hydrogens (tertiary/aromatic N) is 1. The van der Waals surface area contributed by atoms with Crippen molar-refractivity contribution in [1.82, 2.24) is 10.2 Å². The van der Waals surface area contributed by atoms with E-state index in [9.17, 15) is 9.59 Å². The zero-order valence-corrected chi connectivity index (χ0v) is 18.6. The molecule has 3 aromatic rings. The highest BCUT2D eigenvalue weighted by Crippen LogP contribution is 2.19. The summed E-state index contributed by atoms with van der Waals surface area (Å²) in [5.74, 6) is 0.558. The molecule has 1 fully saturated rings. The normalized spacial score (nSPS) is 14.9. The maximum atomic E-state index is 12.4. The maximum absolute atomic E-state index is 12.4. The van der Waals surface area contributed by atoms with Gasteiger partial charge in [0.2, 0.25) is 5.91 Å². The van der Waals surface area contributed by atoms with Gasteiger partial charge in [-0.05, 0) is 72.5 Å². The van der Waals surface area contributed by atoms with Crippen molar-refractivity contribution in [2.45, 2.75) is 32.7 Å². The molecule has 2 N–H and O–H groups in total. The Morgan fingerprint density at radius 2 is 1.66 bits per heavy atom. The van der Waals surface area contributed by atoms with Gasteiger partial charge in [0.05, 0.1) is 0 Å². The summed E-state index contributed by atoms with van der Waals surface area (Å²) in [6.07, 6.45) is 2.77. The number of likely N-dealkylation sites (tertiary alicyclic amines) is 1. The van der Waals surface area contributed by atoms with Crippen LogP contribution in [0.1, 0.15) is 42.1 Å². The van der Waals surface area contributed by atoms with Crippen LogP contribution in [0.3, 0.4) is 0 Å². The first-order chi connectivity index (χ1) is 15.6. The van der Waals surface area contributed by atoms with Gasteiger partial charge in [-0.15, -0.1) is 0 Å². The molecule has 0 aromatic heterocycles. The number of hydrogen-bond donors (Lipinski definition) is 2. The van der Waals surface area contributed by atoms with Gasteiger partial charge in [-0.2, -0.15) is 0 Å². The standard InChI is InChI=1S/C27H31N3O2/c1-20-13-16-30(17-14-20)19-21-6-10-25(11-7-21)29-26(31)12-15-28-27(32)24-9-8-22-4-2-3-5-23(22)18-24/h2-11,18,20H,12-17,19H2,1H3,(H,28,32)(H,29,31). The molecule has 1 aliphatic rings. The molecule has 0 spiro atoms. The Hall–Kier alpha value is -3.18. The van der Waals surface area contributed by atoms with Crippen LogP contribution in [0.5, 0.6) is 0 Å². The van der Waals surface area contributed by atoms with Gasteiger partial charge in [-0.25, -0.2) is 0 Å². The number of carbonyl (C=O) groups excluding carboxylic acids is 2. The zero-order chi connectivity index (χ0) is 22.3. The second kappa shape index (κ2) is 10.4. The first-order valence-electron chi connectivity index (χ1n) is 11.4. The molecule has 0 atom stereocenters. The molecule has 3 aromatic carbocycles. The fraction of sp³-hybridized carbons (Fsp3) is 0.333. The summed E-state index contributed by atoms with van der Waals surface area (Å²) < 4.78 is 0. The number of hydrogen-bond acceptors (Lipinski definition) is 3. The molecule has 1 saturated heterocycles. The third-order valence-corrected chi connectivity index (χ3v) is 6.17. The van der Waals surface area contributed by atoms with Crippen LogP contribution in [0.2, 0.25) is 0 Å². The number of fused-ring (bicyclic) bond motifs is 1. The summed E-state index contributed by atoms with van der Waals surface area (Å²) in [6.45, 7) is 5.89. The van der Waals surface area contributed by atoms with Crippen molar-refractivity contribution in [3.05, 3.63) is 77.9 Å². The SMILES string of the molecule is CC1CCN(Cc2ccc(NC(=O)CCNC(=O)c3ccc4ccccc4c3)cc2)CC1. The summed E-state index contributed by atoms with van der Waals surface area (Å²) in [7, 11) is 0. The van der Waals surface area contributed by atoms with Gasteiger partial charge in [-0.3, -0.25) is 14.5 Å². The van der Waals surface area contributed by atoms with Gasteiger partial charge in [-0.1, -0.05) is 49.4 Å². The average molecular weight is 430 g/mol. The number of benzene rings is 3. The molecule has 0 radical (unpaired) electrons. The molecule has 0 unspecified atom stereocenters. The van der Waals surface area contributed by atoms with E-state index in [1.165, 1.54) is 18.4 Å². The van der Waals surface area contributed by atoms with Crippen LogP contribution >= 0.6 is 0 Å². The van der Waals surface area contributed by atoms with E-state index in [4.69, 9.17) is 0 Å². The fourth-order valence-electron chi connectivity index (χ4n) is 4.12. The van der Waals surface area contributed by atoms with Crippen LogP contribution in [-0.2, 0) is 11.3 Å². The van der Waals surface area contributed by atoms with E-state index in [1.807, 2.05) is 54.6 Å². The summed E-state index contributed by atoms with van der Waals surface area (Å²) in [6, 6.07) is 21.6. The van der Waals surface area contributed by atoms with Crippen LogP contribution < -0.4 is 10.6 Å². The van der Waals surface area contributed by atoms with Gasteiger partial charge in [0, 0.05) is 30.8 Å². The molecule has 1 heterocycles. The molecular formula is C27H31N3O2. The minimum atomic E-state index is -0.167. The Morgan fingerprint density at radius 1 is 0.938 bits per heavy atom. The van der Waals surface area contributed by atoms with Crippen LogP contribution in [-0.4, -0.2) is 36.3 Å². The summed E-state index contributed by atoms with van der Waals surface area (Å²) >= 11 is 0. The molecule has 0 saturated carbocycles. The van der Waals surface area contributed by atoms with E-state index in [-0.39, 0.29) is 18.2 Å². The second-order valence-electron chi connectivity index (χ2n) is 8.77. The van der Waals surface area contributed by atoms with Crippen molar-refractivity contribution in [1.29, 1.82) is 0 Å². The van der Waals surface area contributed by atoms with Gasteiger partial charge < -0.3 is 10.6 Å². The molecule has 2 amide bonds. The first-order valence-corrected chi connectivity index (χ1v) is 11.4. The first kappa shape index (κ1) is 22.0. The number of piperidine rings is 1. The number of carbonyl (C=O) groups is 2. The zero-order valence-electron chi connectivity index (χ0n) is 18.6. The third-order valence-electron chi connectivity index (χ3n) is 6.17. The van der Waals surface area contributed by atoms with E-state index >= 15 is 0 Å². The Morgan fingerprint density at radius 3 is 2.41 bits per heavy atom. The lowest BCUT2D eigenvalue weighted by Crippen LogP contribution is -2.32. The maximum Gasteiger partial charge on any atom is 0.251 e. The van der Waals surface area contributed by atoms with Gasteiger partial charge in [0.25, 0.3) is 5.91 Å². The van der Waals surface area contributed by atoms with Crippen LogP contribution in [0, 0.1) is 5.92 Å². The number of amides is 2. The molecule has 0 aliphatic carbocycles. The molecule has 32 heavy (non-hydrogen) atoms. The highest BCUT2D eigenvalue weighted by molar-refractivity contribution is 5.99. The lowest BCUT2D eigenvalue weighted by atomic mass is 9.99. The smallest absolute Gasteiger partial charge is 0.251 e. The lowest BCUT2D eigenvalue weighted by molar-refractivity contribution is -0.116. The number of anilines is 1. The van der Waals surface area contributed by atoms with Gasteiger partial charge in [0.1, 0.15) is 0 Å². The highest BCUT2D eigenvalue weighted by atomic mass is 16.2. The van der Waals surface area contributed by atoms with Gasteiger partial charge in [0.15, 0.2) is 0 Å². The quantitative estimate of drug-likeness (QED) is 0.565. The van der Waals surface area contributed by atoms with Crippen molar-refractivity contribution in [2.75, 3.05) is 25.0 Å². The summed E-state index contributed by atoms with van der Waals surface area (Å²) in [5, 5.41) is 7.87. The molecule has 4 rings (SSSR count). The highest BCUT2D eigenvalue weighted by Gasteiger charge is 2.15. The third kappa shape index (κ3) is 5.95. The Labute approximate surface area is 189 Å². The minimum Gasteiger partial charge on any atom is -0.352 e. The fourth-order valence-corrected chi connectivity index (χ4v) is 4.12. The molecule has 1 aliphatic heterocycles. The largest absolute Gasteiger partial charge is 0.352 e. The van der Waals surface area contributed by atoms with E-state index in [2.05, 4.69) is 34.6 Å². The van der Waals surface area contributed by atoms with Gasteiger partial charge >= 0.3 is 0 Å². The lowest BCUT2D eigenvalue weighted by Gasteiger charge is -2.30. The predicted molar refractivity (Wildman–Crippen MR) is 130 cm³/mol. The van der Waals surface area contributed by atoms with E-state index in [0.29, 0.717) is 12.1 Å². The Balaban J connectivity index is 1.21. The van der Waals surface area contributed by atoms with Crippen LogP contribution in [0.15, 0.2) is 66.7 Å². The van der Waals surface area contributed by atoms with E-state index in [1.54, 1.807) is 0 Å². The van der Waals surface area contributed by atoms with Crippen LogP contribution in [0.4, 0.5) is 5.69 Å². The van der Waals surface area contributed by atoms with Crippen molar-refractivity contribution >= 4 is 28.3 Å². The molecule has 5 nitrogen and oxygen atoms in total. The van der Waals surface area contributed by atoms with Crippen molar-refractivity contribution < 1.29 is 9.59 Å². The molecule has 5 heteroatoms. The van der Waals surface area contributed by atoms with E-state index < -0.39 is 0 Å². The molecule has 166 valence electrons. The molecule has 0 bridgehead atoms. The topological polar surface area (TPSA) is 61.4 Å². The van der Waals surface area contributed by atoms with E-state index in [0.717, 1.165) is 42.0 Å². The van der Waals surface area contributed by atoms with Crippen molar-refractivity contribution in [3.8, 4) is 0 Å². The van der Waals surface area contributed by atoms with Crippen molar-refractivity contribution in [3.63, 3.8) is 0 Å².